The third-order valence-corrected chi connectivity index (χ3v) is 5.95. The Bertz CT molecular complexity index is 1630. The van der Waals surface area contributed by atoms with E-state index in [1.165, 1.54) is 12.1 Å². The van der Waals surface area contributed by atoms with Gasteiger partial charge in [-0.25, -0.2) is 4.79 Å². The van der Waals surface area contributed by atoms with Gasteiger partial charge in [0.05, 0.1) is 27.1 Å². The van der Waals surface area contributed by atoms with Gasteiger partial charge in [0.1, 0.15) is 5.75 Å². The van der Waals surface area contributed by atoms with Crippen molar-refractivity contribution in [2.75, 3.05) is 0 Å². The van der Waals surface area contributed by atoms with Gasteiger partial charge < -0.3 is 19.4 Å². The van der Waals surface area contributed by atoms with Crippen molar-refractivity contribution < 1.29 is 14.6 Å². The first-order valence-electron chi connectivity index (χ1n) is 10.1. The van der Waals surface area contributed by atoms with Gasteiger partial charge in [-0.15, -0.1) is 0 Å². The third-order valence-electron chi connectivity index (χ3n) is 5.64. The summed E-state index contributed by atoms with van der Waals surface area (Å²) in [6.45, 7) is 1.73. The molecule has 5 aromatic rings. The number of nitrogens with one attached hydrogen (secondary N) is 1. The van der Waals surface area contributed by atoms with Gasteiger partial charge in [-0.2, -0.15) is 4.98 Å². The minimum atomic E-state index is -1.02. The zero-order chi connectivity index (χ0) is 23.3. The molecule has 2 heterocycles. The van der Waals surface area contributed by atoms with Gasteiger partial charge in [0.15, 0.2) is 0 Å². The molecule has 2 N–H and O–H groups in total. The average molecular weight is 460 g/mol. The van der Waals surface area contributed by atoms with Crippen LogP contribution in [0.1, 0.15) is 15.9 Å². The molecule has 0 unspecified atom stereocenters. The number of pyridine rings is 1. The van der Waals surface area contributed by atoms with E-state index in [-0.39, 0.29) is 17.1 Å². The van der Waals surface area contributed by atoms with E-state index < -0.39 is 5.97 Å². The van der Waals surface area contributed by atoms with Crippen molar-refractivity contribution in [2.45, 2.75) is 6.92 Å². The molecule has 33 heavy (non-hydrogen) atoms. The summed E-state index contributed by atoms with van der Waals surface area (Å²) in [5.41, 5.74) is 4.60. The van der Waals surface area contributed by atoms with Crippen LogP contribution >= 0.6 is 11.6 Å². The molecule has 7 nitrogen and oxygen atoms in total. The second kappa shape index (κ2) is 7.79. The topological polar surface area (TPSA) is 97.2 Å². The quantitative estimate of drug-likeness (QED) is 0.368. The van der Waals surface area contributed by atoms with Crippen molar-refractivity contribution in [3.8, 4) is 22.9 Å². The number of aromatic amines is 1. The molecule has 0 saturated heterocycles. The number of carboxylic acids is 1. The molecule has 3 aromatic carbocycles. The summed E-state index contributed by atoms with van der Waals surface area (Å²) in [6, 6.07) is 17.8. The molecule has 0 saturated carbocycles. The van der Waals surface area contributed by atoms with Crippen LogP contribution in [-0.2, 0) is 7.05 Å². The number of halogens is 1. The van der Waals surface area contributed by atoms with Crippen molar-refractivity contribution in [3.05, 3.63) is 87.2 Å². The maximum Gasteiger partial charge on any atom is 0.336 e. The van der Waals surface area contributed by atoms with Crippen LogP contribution in [0.2, 0.25) is 5.02 Å². The van der Waals surface area contributed by atoms with Gasteiger partial charge in [-0.3, -0.25) is 4.79 Å². The fraction of sp³-hybridized carbons (Fsp3) is 0.0800. The highest BCUT2D eigenvalue weighted by Crippen LogP contribution is 2.34. The molecule has 0 radical (unpaired) electrons. The average Bonchev–Trinajstić information content (AvgIpc) is 3.17. The SMILES string of the molecule is Cc1ccc(Oc2nc3cc(-c4ccc5c(ccc(=O)n5C)c4)c(Cl)cc3[nH]2)cc1C(=O)O. The Morgan fingerprint density at radius 1 is 1.09 bits per heavy atom. The largest absolute Gasteiger partial charge is 0.478 e. The molecule has 0 spiro atoms. The number of benzene rings is 3. The number of hydrogen-bond acceptors (Lipinski definition) is 4. The molecular formula is C25H18ClN3O4. The Morgan fingerprint density at radius 2 is 1.91 bits per heavy atom. The van der Waals surface area contributed by atoms with E-state index in [9.17, 15) is 14.7 Å². The van der Waals surface area contributed by atoms with Crippen LogP contribution in [0.3, 0.4) is 0 Å². The summed E-state index contributed by atoms with van der Waals surface area (Å²) in [5.74, 6) is -0.655. The van der Waals surface area contributed by atoms with Crippen molar-refractivity contribution in [2.24, 2.45) is 7.05 Å². The van der Waals surface area contributed by atoms with Crippen LogP contribution in [0, 0.1) is 6.92 Å². The van der Waals surface area contributed by atoms with Gasteiger partial charge >= 0.3 is 5.97 Å². The molecule has 0 atom stereocenters. The smallest absolute Gasteiger partial charge is 0.336 e. The Kier molecular flexibility index (Phi) is 4.91. The predicted octanol–water partition coefficient (Wildman–Crippen LogP) is 5.53. The fourth-order valence-electron chi connectivity index (χ4n) is 3.84. The predicted molar refractivity (Wildman–Crippen MR) is 127 cm³/mol. The Labute approximate surface area is 192 Å². The zero-order valence-electron chi connectivity index (χ0n) is 17.7. The lowest BCUT2D eigenvalue weighted by Gasteiger charge is -2.08. The van der Waals surface area contributed by atoms with E-state index in [0.29, 0.717) is 27.4 Å². The number of aromatic carboxylic acids is 1. The Balaban J connectivity index is 1.53. The van der Waals surface area contributed by atoms with E-state index in [2.05, 4.69) is 9.97 Å². The molecule has 0 bridgehead atoms. The number of carboxylic acid groups (broad SMARTS) is 1. The second-order valence-electron chi connectivity index (χ2n) is 7.78. The third kappa shape index (κ3) is 3.72. The number of aromatic nitrogens is 3. The lowest BCUT2D eigenvalue weighted by atomic mass is 10.0. The molecule has 0 aliphatic rings. The van der Waals surface area contributed by atoms with Crippen LogP contribution < -0.4 is 10.3 Å². The Morgan fingerprint density at radius 3 is 2.70 bits per heavy atom. The number of aryl methyl sites for hydroxylation is 2. The van der Waals surface area contributed by atoms with Crippen LogP contribution in [0.15, 0.2) is 65.5 Å². The maximum atomic E-state index is 11.9. The summed E-state index contributed by atoms with van der Waals surface area (Å²) in [5, 5.41) is 10.8. The van der Waals surface area contributed by atoms with E-state index in [0.717, 1.165) is 22.0 Å². The molecule has 0 fully saturated rings. The molecule has 164 valence electrons. The fourth-order valence-corrected chi connectivity index (χ4v) is 4.11. The van der Waals surface area contributed by atoms with Crippen molar-refractivity contribution >= 4 is 39.5 Å². The molecule has 2 aromatic heterocycles. The standard InChI is InChI=1S/C25H18ClN3O4/c1-13-3-6-16(10-17(13)24(31)32)33-25-27-20-11-18(19(26)12-21(20)28-25)14-4-7-22-15(9-14)5-8-23(30)29(22)2/h3-12H,1-2H3,(H,27,28)(H,31,32). The monoisotopic (exact) mass is 459 g/mol. The van der Waals surface area contributed by atoms with E-state index in [1.807, 2.05) is 24.3 Å². The van der Waals surface area contributed by atoms with Gasteiger partial charge in [0, 0.05) is 18.7 Å². The molecule has 5 rings (SSSR count). The van der Waals surface area contributed by atoms with Crippen LogP contribution in [0.25, 0.3) is 33.1 Å². The maximum absolute atomic E-state index is 11.9. The van der Waals surface area contributed by atoms with Crippen molar-refractivity contribution in [3.63, 3.8) is 0 Å². The van der Waals surface area contributed by atoms with E-state index >= 15 is 0 Å². The summed E-state index contributed by atoms with van der Waals surface area (Å²) in [6.07, 6.45) is 0. The van der Waals surface area contributed by atoms with Gasteiger partial charge in [0.25, 0.3) is 11.6 Å². The molecule has 0 amide bonds. The second-order valence-corrected chi connectivity index (χ2v) is 8.19. The van der Waals surface area contributed by atoms with Crippen LogP contribution in [0.5, 0.6) is 11.8 Å². The summed E-state index contributed by atoms with van der Waals surface area (Å²) < 4.78 is 7.37. The summed E-state index contributed by atoms with van der Waals surface area (Å²) in [7, 11) is 1.74. The highest BCUT2D eigenvalue weighted by molar-refractivity contribution is 6.34. The van der Waals surface area contributed by atoms with E-state index in [4.69, 9.17) is 16.3 Å². The first-order chi connectivity index (χ1) is 15.8. The van der Waals surface area contributed by atoms with Gasteiger partial charge in [-0.1, -0.05) is 23.7 Å². The number of nitrogens with zero attached hydrogens (tertiary/aromatic N) is 2. The number of ether oxygens (including phenoxy) is 1. The lowest BCUT2D eigenvalue weighted by Crippen LogP contribution is -2.14. The number of H-pyrrole nitrogens is 1. The highest BCUT2D eigenvalue weighted by Gasteiger charge is 2.13. The summed E-state index contributed by atoms with van der Waals surface area (Å²) in [4.78, 5) is 30.8. The first kappa shape index (κ1) is 20.8. The minimum absolute atomic E-state index is 0.0668. The van der Waals surface area contributed by atoms with Crippen LogP contribution in [-0.4, -0.2) is 25.6 Å². The van der Waals surface area contributed by atoms with Gasteiger partial charge in [0.2, 0.25) is 0 Å². The number of imidazole rings is 1. The lowest BCUT2D eigenvalue weighted by molar-refractivity contribution is 0.0695. The normalized spacial score (nSPS) is 11.2. The van der Waals surface area contributed by atoms with Gasteiger partial charge in [-0.05, 0) is 65.9 Å². The molecule has 0 aliphatic carbocycles. The number of fused-ring (bicyclic) bond motifs is 2. The van der Waals surface area contributed by atoms with Crippen LogP contribution in [0.4, 0.5) is 0 Å². The highest BCUT2D eigenvalue weighted by atomic mass is 35.5. The van der Waals surface area contributed by atoms with E-state index in [1.54, 1.807) is 42.8 Å². The molecular weight excluding hydrogens is 442 g/mol. The van der Waals surface area contributed by atoms with Crippen molar-refractivity contribution in [1.82, 2.24) is 14.5 Å². The molecule has 0 aliphatic heterocycles. The van der Waals surface area contributed by atoms with Crippen molar-refractivity contribution in [1.29, 1.82) is 0 Å². The number of rotatable bonds is 4. The Hall–Kier alpha value is -4.10. The number of carbonyl (C=O) groups is 1. The summed E-state index contributed by atoms with van der Waals surface area (Å²) >= 11 is 6.58. The minimum Gasteiger partial charge on any atom is -0.478 e. The number of hydrogen-bond donors (Lipinski definition) is 2. The zero-order valence-corrected chi connectivity index (χ0v) is 18.5. The molecule has 8 heteroatoms. The first-order valence-corrected chi connectivity index (χ1v) is 10.5.